The lowest BCUT2D eigenvalue weighted by Gasteiger charge is -2.40. The van der Waals surface area contributed by atoms with Gasteiger partial charge in [-0.25, -0.2) is 4.99 Å². The van der Waals surface area contributed by atoms with E-state index in [2.05, 4.69) is 34.9 Å². The van der Waals surface area contributed by atoms with Crippen LogP contribution in [0.15, 0.2) is 96.2 Å². The second kappa shape index (κ2) is 11.3. The van der Waals surface area contributed by atoms with Gasteiger partial charge >= 0.3 is 6.18 Å². The molecule has 0 aromatic carbocycles. The molecule has 1 unspecified atom stereocenters. The van der Waals surface area contributed by atoms with Crippen LogP contribution in [0.4, 0.5) is 13.2 Å². The van der Waals surface area contributed by atoms with Crippen LogP contribution in [0.3, 0.4) is 0 Å². The molecule has 1 aromatic rings. The minimum absolute atomic E-state index is 0.00503. The molecule has 186 valence electrons. The first-order chi connectivity index (χ1) is 16.7. The minimum Gasteiger partial charge on any atom is -0.359 e. The number of piperidine rings is 1. The van der Waals surface area contributed by atoms with Gasteiger partial charge in [-0.15, -0.1) is 0 Å². The topological polar surface area (TPSA) is 43.8 Å². The fourth-order valence-electron chi connectivity index (χ4n) is 4.16. The summed E-state index contributed by atoms with van der Waals surface area (Å²) in [7, 11) is 1.91. The highest BCUT2D eigenvalue weighted by atomic mass is 19.4. The van der Waals surface area contributed by atoms with Crippen molar-refractivity contribution in [3.8, 4) is 0 Å². The number of hydrogen-bond donors (Lipinski definition) is 1. The van der Waals surface area contributed by atoms with E-state index >= 15 is 0 Å². The van der Waals surface area contributed by atoms with Gasteiger partial charge in [-0.1, -0.05) is 38.8 Å². The molecule has 3 heterocycles. The maximum Gasteiger partial charge on any atom is 0.418 e. The van der Waals surface area contributed by atoms with Crippen LogP contribution in [0, 0.1) is 5.92 Å². The van der Waals surface area contributed by atoms with Gasteiger partial charge in [0.1, 0.15) is 0 Å². The molecule has 3 rings (SSSR count). The van der Waals surface area contributed by atoms with Gasteiger partial charge in [0.05, 0.1) is 11.3 Å². The molecule has 0 bridgehead atoms. The van der Waals surface area contributed by atoms with Gasteiger partial charge in [0.25, 0.3) is 0 Å². The number of nitrogens with zero attached hydrogens (tertiary/aromatic N) is 4. The predicted molar refractivity (Wildman–Crippen MR) is 136 cm³/mol. The second-order valence-electron chi connectivity index (χ2n) is 8.50. The predicted octanol–water partition coefficient (Wildman–Crippen LogP) is 6.02. The van der Waals surface area contributed by atoms with Crippen molar-refractivity contribution >= 4 is 11.7 Å². The molecule has 1 N–H and O–H groups in total. The molecule has 0 aliphatic carbocycles. The van der Waals surface area contributed by atoms with Crippen molar-refractivity contribution in [3.05, 3.63) is 96.8 Å². The van der Waals surface area contributed by atoms with Gasteiger partial charge in [0.15, 0.2) is 0 Å². The van der Waals surface area contributed by atoms with E-state index in [1.807, 2.05) is 30.2 Å². The number of allylic oxidation sites excluding steroid dienone is 5. The van der Waals surface area contributed by atoms with E-state index in [9.17, 15) is 13.2 Å². The Hall–Kier alpha value is -3.55. The van der Waals surface area contributed by atoms with Crippen molar-refractivity contribution in [2.75, 3.05) is 20.1 Å². The second-order valence-corrected chi connectivity index (χ2v) is 8.50. The number of aliphatic imine (C=N–C) groups is 1. The summed E-state index contributed by atoms with van der Waals surface area (Å²) in [4.78, 5) is 13.0. The molecule has 1 saturated heterocycles. The van der Waals surface area contributed by atoms with Gasteiger partial charge in [-0.05, 0) is 43.5 Å². The Balaban J connectivity index is 1.81. The third kappa shape index (κ3) is 6.32. The summed E-state index contributed by atoms with van der Waals surface area (Å²) in [6.45, 7) is 14.9. The largest absolute Gasteiger partial charge is 0.418 e. The SMILES string of the molecule is C=C/C=C(\C(=C/CC)NC(=C)C1CCCN(C2=NC(c3ccncc3)=CC(=C)N2C)C1)C(F)(F)F. The minimum atomic E-state index is -4.50. The average molecular weight is 484 g/mol. The van der Waals surface area contributed by atoms with Crippen molar-refractivity contribution in [2.45, 2.75) is 32.4 Å². The fraction of sp³-hybridized carbons (Fsp3) is 0.333. The monoisotopic (exact) mass is 483 g/mol. The maximum atomic E-state index is 13.7. The van der Waals surface area contributed by atoms with E-state index < -0.39 is 11.7 Å². The molecule has 5 nitrogen and oxygen atoms in total. The van der Waals surface area contributed by atoms with Crippen LogP contribution >= 0.6 is 0 Å². The Morgan fingerprint density at radius 3 is 2.63 bits per heavy atom. The molecule has 1 aromatic heterocycles. The maximum absolute atomic E-state index is 13.7. The molecular formula is C27H32F3N5. The molecular weight excluding hydrogens is 451 g/mol. The lowest BCUT2D eigenvalue weighted by molar-refractivity contribution is -0.0898. The summed E-state index contributed by atoms with van der Waals surface area (Å²) < 4.78 is 41.0. The lowest BCUT2D eigenvalue weighted by atomic mass is 9.94. The summed E-state index contributed by atoms with van der Waals surface area (Å²) >= 11 is 0. The number of guanidine groups is 1. The molecule has 0 spiro atoms. The van der Waals surface area contributed by atoms with Gasteiger partial charge < -0.3 is 15.1 Å². The standard InChI is InChI=1S/C27H32F3N5/c1-6-9-23(27(28,29)30)24(10-7-2)32-20(4)22-11-8-16-35(18-22)26-33-25(17-19(3)34(26)5)21-12-14-31-15-13-21/h6,9-10,12-15,17,22,32H,1,3-4,7-8,11,16,18H2,2,5H3/b23-9+,24-10+. The molecule has 2 aliphatic rings. The van der Waals surface area contributed by atoms with Crippen molar-refractivity contribution < 1.29 is 13.2 Å². The molecule has 0 amide bonds. The first kappa shape index (κ1) is 26.1. The number of likely N-dealkylation sites (tertiary alicyclic amines) is 1. The highest BCUT2D eigenvalue weighted by Crippen LogP contribution is 2.33. The third-order valence-electron chi connectivity index (χ3n) is 6.01. The molecule has 1 fully saturated rings. The van der Waals surface area contributed by atoms with Crippen molar-refractivity contribution in [2.24, 2.45) is 10.9 Å². The molecule has 0 radical (unpaired) electrons. The van der Waals surface area contributed by atoms with Crippen LogP contribution in [0.1, 0.15) is 31.7 Å². The Bertz CT molecular complexity index is 1080. The van der Waals surface area contributed by atoms with E-state index in [0.29, 0.717) is 18.7 Å². The summed E-state index contributed by atoms with van der Waals surface area (Å²) in [6.07, 6.45) is 6.65. The van der Waals surface area contributed by atoms with Crippen molar-refractivity contribution in [3.63, 3.8) is 0 Å². The van der Waals surface area contributed by atoms with Crippen molar-refractivity contribution in [1.29, 1.82) is 0 Å². The fourth-order valence-corrected chi connectivity index (χ4v) is 4.16. The van der Waals surface area contributed by atoms with Gasteiger partial charge in [0.2, 0.25) is 5.96 Å². The zero-order chi connectivity index (χ0) is 25.6. The Morgan fingerprint density at radius 1 is 1.29 bits per heavy atom. The molecule has 35 heavy (non-hydrogen) atoms. The Kier molecular flexibility index (Phi) is 8.38. The highest BCUT2D eigenvalue weighted by molar-refractivity contribution is 5.91. The quantitative estimate of drug-likeness (QED) is 0.482. The smallest absolute Gasteiger partial charge is 0.359 e. The summed E-state index contributed by atoms with van der Waals surface area (Å²) in [6, 6.07) is 3.79. The van der Waals surface area contributed by atoms with Crippen LogP contribution < -0.4 is 5.32 Å². The first-order valence-electron chi connectivity index (χ1n) is 11.6. The Morgan fingerprint density at radius 2 is 2.00 bits per heavy atom. The van der Waals surface area contributed by atoms with E-state index in [4.69, 9.17) is 4.99 Å². The van der Waals surface area contributed by atoms with Crippen LogP contribution in [-0.4, -0.2) is 47.1 Å². The van der Waals surface area contributed by atoms with E-state index in [0.717, 1.165) is 54.5 Å². The van der Waals surface area contributed by atoms with Crippen LogP contribution in [0.2, 0.25) is 0 Å². The zero-order valence-corrected chi connectivity index (χ0v) is 20.3. The van der Waals surface area contributed by atoms with E-state index in [1.165, 1.54) is 6.08 Å². The molecule has 8 heteroatoms. The summed E-state index contributed by atoms with van der Waals surface area (Å²) in [5, 5.41) is 2.97. The number of aromatic nitrogens is 1. The van der Waals surface area contributed by atoms with Crippen molar-refractivity contribution in [1.82, 2.24) is 20.1 Å². The zero-order valence-electron chi connectivity index (χ0n) is 20.3. The molecule has 1 atom stereocenters. The number of nitrogens with one attached hydrogen (secondary N) is 1. The number of likely N-dealkylation sites (N-methyl/N-ethyl adjacent to an activating group) is 1. The van der Waals surface area contributed by atoms with Gasteiger partial charge in [0, 0.05) is 61.1 Å². The van der Waals surface area contributed by atoms with Crippen LogP contribution in [-0.2, 0) is 0 Å². The van der Waals surface area contributed by atoms with Gasteiger partial charge in [-0.3, -0.25) is 4.98 Å². The number of hydrogen-bond acceptors (Lipinski definition) is 5. The summed E-state index contributed by atoms with van der Waals surface area (Å²) in [5.41, 5.74) is 2.33. The summed E-state index contributed by atoms with van der Waals surface area (Å²) in [5.74, 6) is 0.704. The average Bonchev–Trinajstić information content (AvgIpc) is 2.83. The number of rotatable bonds is 7. The van der Waals surface area contributed by atoms with Crippen LogP contribution in [0.5, 0.6) is 0 Å². The van der Waals surface area contributed by atoms with Gasteiger partial charge in [-0.2, -0.15) is 13.2 Å². The number of halogens is 3. The van der Waals surface area contributed by atoms with E-state index in [-0.39, 0.29) is 11.6 Å². The third-order valence-corrected chi connectivity index (χ3v) is 6.01. The highest BCUT2D eigenvalue weighted by Gasteiger charge is 2.36. The number of alkyl halides is 3. The Labute approximate surface area is 205 Å². The number of pyridine rings is 1. The van der Waals surface area contributed by atoms with E-state index in [1.54, 1.807) is 19.3 Å². The normalized spacial score (nSPS) is 19.8. The van der Waals surface area contributed by atoms with Crippen LogP contribution in [0.25, 0.3) is 5.70 Å². The molecule has 2 aliphatic heterocycles. The first-order valence-corrected chi connectivity index (χ1v) is 11.6. The lowest BCUT2D eigenvalue weighted by Crippen LogP contribution is -2.48. The molecule has 0 saturated carbocycles.